The molecule has 0 aromatic carbocycles. The summed E-state index contributed by atoms with van der Waals surface area (Å²) in [6, 6.07) is 0.606. The van der Waals surface area contributed by atoms with Gasteiger partial charge in [-0.05, 0) is 39.7 Å². The van der Waals surface area contributed by atoms with Gasteiger partial charge >= 0.3 is 5.97 Å². The van der Waals surface area contributed by atoms with Crippen molar-refractivity contribution in [3.8, 4) is 0 Å². The zero-order valence-electron chi connectivity index (χ0n) is 12.6. The highest BCUT2D eigenvalue weighted by atomic mass is 16.5. The molecule has 0 spiro atoms. The van der Waals surface area contributed by atoms with Crippen molar-refractivity contribution in [2.75, 3.05) is 26.8 Å². The van der Waals surface area contributed by atoms with Gasteiger partial charge in [-0.1, -0.05) is 6.92 Å². The van der Waals surface area contributed by atoms with Crippen LogP contribution in [0, 0.1) is 0 Å². The Morgan fingerprint density at radius 1 is 1.58 bits per heavy atom. The van der Waals surface area contributed by atoms with Gasteiger partial charge in [-0.3, -0.25) is 15.0 Å². The zero-order valence-corrected chi connectivity index (χ0v) is 12.6. The highest BCUT2D eigenvalue weighted by Gasteiger charge is 2.40. The maximum atomic E-state index is 11.5. The zero-order chi connectivity index (χ0) is 14.5. The molecule has 0 amide bonds. The lowest BCUT2D eigenvalue weighted by Gasteiger charge is -2.35. The molecule has 0 aromatic rings. The standard InChI is InChI=1S/C14H28N2O3/c1-5-16(8-9-19-4)11(2)10-14(3,13(17)18)15-12-6-7-12/h11-12,15H,5-10H2,1-4H3,(H,17,18). The van der Waals surface area contributed by atoms with E-state index < -0.39 is 11.5 Å². The minimum Gasteiger partial charge on any atom is -0.480 e. The molecule has 19 heavy (non-hydrogen) atoms. The molecular formula is C14H28N2O3. The van der Waals surface area contributed by atoms with Crippen molar-refractivity contribution >= 4 is 5.97 Å². The molecule has 1 aliphatic rings. The van der Waals surface area contributed by atoms with Gasteiger partial charge in [-0.15, -0.1) is 0 Å². The van der Waals surface area contributed by atoms with E-state index in [9.17, 15) is 9.90 Å². The number of hydrogen-bond donors (Lipinski definition) is 2. The van der Waals surface area contributed by atoms with E-state index in [1.165, 1.54) is 0 Å². The first-order valence-corrected chi connectivity index (χ1v) is 7.17. The molecule has 0 radical (unpaired) electrons. The Morgan fingerprint density at radius 3 is 2.63 bits per heavy atom. The largest absolute Gasteiger partial charge is 0.480 e. The molecule has 0 heterocycles. The van der Waals surface area contributed by atoms with Crippen molar-refractivity contribution in [2.45, 2.75) is 57.7 Å². The molecule has 0 aromatic heterocycles. The third-order valence-electron chi connectivity index (χ3n) is 3.89. The van der Waals surface area contributed by atoms with Crippen LogP contribution in [0.1, 0.15) is 40.0 Å². The predicted molar refractivity (Wildman–Crippen MR) is 75.4 cm³/mol. The van der Waals surface area contributed by atoms with Crippen molar-refractivity contribution in [3.63, 3.8) is 0 Å². The summed E-state index contributed by atoms with van der Waals surface area (Å²) in [6.07, 6.45) is 2.80. The summed E-state index contributed by atoms with van der Waals surface area (Å²) in [5.74, 6) is -0.756. The van der Waals surface area contributed by atoms with Crippen LogP contribution in [-0.2, 0) is 9.53 Å². The summed E-state index contributed by atoms with van der Waals surface area (Å²) < 4.78 is 5.10. The summed E-state index contributed by atoms with van der Waals surface area (Å²) in [6.45, 7) is 8.41. The van der Waals surface area contributed by atoms with E-state index in [4.69, 9.17) is 4.74 Å². The number of nitrogens with one attached hydrogen (secondary N) is 1. The highest BCUT2D eigenvalue weighted by Crippen LogP contribution is 2.26. The fraction of sp³-hybridized carbons (Fsp3) is 0.929. The lowest BCUT2D eigenvalue weighted by Crippen LogP contribution is -2.54. The minimum absolute atomic E-state index is 0.215. The third kappa shape index (κ3) is 5.09. The number of rotatable bonds is 10. The fourth-order valence-corrected chi connectivity index (χ4v) is 2.50. The van der Waals surface area contributed by atoms with Gasteiger partial charge in [0.25, 0.3) is 0 Å². The second-order valence-electron chi connectivity index (χ2n) is 5.73. The SMILES string of the molecule is CCN(CCOC)C(C)CC(C)(NC1CC1)C(=O)O. The molecular weight excluding hydrogens is 244 g/mol. The van der Waals surface area contributed by atoms with Crippen LogP contribution in [0.25, 0.3) is 0 Å². The first kappa shape index (κ1) is 16.4. The van der Waals surface area contributed by atoms with Gasteiger partial charge < -0.3 is 9.84 Å². The van der Waals surface area contributed by atoms with Crippen molar-refractivity contribution in [1.29, 1.82) is 0 Å². The molecule has 1 saturated carbocycles. The van der Waals surface area contributed by atoms with Gasteiger partial charge in [-0.2, -0.15) is 0 Å². The van der Waals surface area contributed by atoms with Crippen LogP contribution in [0.2, 0.25) is 0 Å². The topological polar surface area (TPSA) is 61.8 Å². The number of hydrogen-bond acceptors (Lipinski definition) is 4. The van der Waals surface area contributed by atoms with E-state index in [-0.39, 0.29) is 6.04 Å². The average Bonchev–Trinajstić information content (AvgIpc) is 3.13. The normalized spacial score (nSPS) is 20.3. The number of ether oxygens (including phenoxy) is 1. The molecule has 0 aliphatic heterocycles. The average molecular weight is 272 g/mol. The van der Waals surface area contributed by atoms with E-state index in [2.05, 4.69) is 24.1 Å². The Morgan fingerprint density at radius 2 is 2.21 bits per heavy atom. The van der Waals surface area contributed by atoms with Gasteiger partial charge in [0.15, 0.2) is 0 Å². The maximum Gasteiger partial charge on any atom is 0.323 e. The Hall–Kier alpha value is -0.650. The summed E-state index contributed by atoms with van der Waals surface area (Å²) in [7, 11) is 1.69. The number of carbonyl (C=O) groups is 1. The first-order chi connectivity index (χ1) is 8.92. The number of likely N-dealkylation sites (N-methyl/N-ethyl adjacent to an activating group) is 1. The molecule has 0 bridgehead atoms. The number of aliphatic carboxylic acids is 1. The van der Waals surface area contributed by atoms with Crippen LogP contribution in [0.4, 0.5) is 0 Å². The third-order valence-corrected chi connectivity index (χ3v) is 3.89. The van der Waals surface area contributed by atoms with E-state index in [0.29, 0.717) is 19.1 Å². The first-order valence-electron chi connectivity index (χ1n) is 7.17. The summed E-state index contributed by atoms with van der Waals surface area (Å²) in [5.41, 5.74) is -0.832. The van der Waals surface area contributed by atoms with Crippen molar-refractivity contribution < 1.29 is 14.6 Å². The van der Waals surface area contributed by atoms with E-state index in [1.807, 2.05) is 0 Å². The molecule has 2 atom stereocenters. The number of nitrogens with zero attached hydrogens (tertiary/aromatic N) is 1. The summed E-state index contributed by atoms with van der Waals surface area (Å²) in [5, 5.41) is 12.8. The predicted octanol–water partition coefficient (Wildman–Crippen LogP) is 1.33. The van der Waals surface area contributed by atoms with E-state index >= 15 is 0 Å². The van der Waals surface area contributed by atoms with Crippen LogP contribution in [0.3, 0.4) is 0 Å². The quantitative estimate of drug-likeness (QED) is 0.628. The number of carboxylic acid groups (broad SMARTS) is 1. The van der Waals surface area contributed by atoms with Gasteiger partial charge in [0, 0.05) is 25.7 Å². The summed E-state index contributed by atoms with van der Waals surface area (Å²) >= 11 is 0. The number of methoxy groups -OCH3 is 1. The molecule has 1 fully saturated rings. The molecule has 1 rings (SSSR count). The maximum absolute atomic E-state index is 11.5. The molecule has 5 heteroatoms. The smallest absolute Gasteiger partial charge is 0.323 e. The molecule has 5 nitrogen and oxygen atoms in total. The van der Waals surface area contributed by atoms with Crippen LogP contribution in [-0.4, -0.2) is 60.4 Å². The lowest BCUT2D eigenvalue weighted by atomic mass is 9.92. The van der Waals surface area contributed by atoms with Crippen molar-refractivity contribution in [2.24, 2.45) is 0 Å². The minimum atomic E-state index is -0.832. The van der Waals surface area contributed by atoms with Crippen molar-refractivity contribution in [3.05, 3.63) is 0 Å². The molecule has 1 aliphatic carbocycles. The van der Waals surface area contributed by atoms with Gasteiger partial charge in [0.05, 0.1) is 6.61 Å². The van der Waals surface area contributed by atoms with Gasteiger partial charge in [-0.25, -0.2) is 0 Å². The van der Waals surface area contributed by atoms with E-state index in [1.54, 1.807) is 14.0 Å². The van der Waals surface area contributed by atoms with Crippen LogP contribution in [0.15, 0.2) is 0 Å². The van der Waals surface area contributed by atoms with Crippen molar-refractivity contribution in [1.82, 2.24) is 10.2 Å². The molecule has 112 valence electrons. The second-order valence-corrected chi connectivity index (χ2v) is 5.73. The summed E-state index contributed by atoms with van der Waals surface area (Å²) in [4.78, 5) is 13.8. The Balaban J connectivity index is 2.57. The van der Waals surface area contributed by atoms with Crippen LogP contribution >= 0.6 is 0 Å². The molecule has 2 unspecified atom stereocenters. The number of carboxylic acids is 1. The van der Waals surface area contributed by atoms with Gasteiger partial charge in [0.1, 0.15) is 5.54 Å². The fourth-order valence-electron chi connectivity index (χ4n) is 2.50. The highest BCUT2D eigenvalue weighted by molar-refractivity contribution is 5.78. The monoisotopic (exact) mass is 272 g/mol. The van der Waals surface area contributed by atoms with Crippen LogP contribution in [0.5, 0.6) is 0 Å². The van der Waals surface area contributed by atoms with Crippen LogP contribution < -0.4 is 5.32 Å². The molecule has 2 N–H and O–H groups in total. The second kappa shape index (κ2) is 7.22. The lowest BCUT2D eigenvalue weighted by molar-refractivity contribution is -0.145. The Kier molecular flexibility index (Phi) is 6.23. The Bertz CT molecular complexity index is 294. The Labute approximate surface area is 116 Å². The van der Waals surface area contributed by atoms with E-state index in [0.717, 1.165) is 25.9 Å². The molecule has 0 saturated heterocycles. The van der Waals surface area contributed by atoms with Gasteiger partial charge in [0.2, 0.25) is 0 Å².